The Balaban J connectivity index is 1.24. The van der Waals surface area contributed by atoms with Crippen LogP contribution in [-0.4, -0.2) is 53.6 Å². The van der Waals surface area contributed by atoms with E-state index < -0.39 is 0 Å². The molecule has 3 aliphatic heterocycles. The minimum atomic E-state index is -0.183. The topological polar surface area (TPSA) is 40.5 Å². The second kappa shape index (κ2) is 8.61. The van der Waals surface area contributed by atoms with Crippen LogP contribution in [0.4, 0.5) is 4.39 Å². The maximum atomic E-state index is 13.2. The third-order valence-corrected chi connectivity index (χ3v) is 6.98. The summed E-state index contributed by atoms with van der Waals surface area (Å²) in [4.78, 5) is 18.1. The molecule has 6 heteroatoms. The summed E-state index contributed by atoms with van der Waals surface area (Å²) in [6.45, 7) is 8.44. The quantitative estimate of drug-likeness (QED) is 0.841. The van der Waals surface area contributed by atoms with E-state index in [9.17, 15) is 9.18 Å². The molecule has 0 amide bonds. The maximum absolute atomic E-state index is 13.2. The zero-order chi connectivity index (χ0) is 20.5. The summed E-state index contributed by atoms with van der Waals surface area (Å²) >= 11 is 0. The first-order valence-corrected chi connectivity index (χ1v) is 11.3. The summed E-state index contributed by atoms with van der Waals surface area (Å²) in [5.41, 5.74) is 3.52. The molecule has 0 spiro atoms. The van der Waals surface area contributed by atoms with E-state index in [0.717, 1.165) is 76.5 Å². The number of halogens is 1. The number of pyridine rings is 1. The van der Waals surface area contributed by atoms with Crippen molar-refractivity contribution >= 4 is 0 Å². The van der Waals surface area contributed by atoms with Crippen molar-refractivity contribution in [1.29, 1.82) is 0 Å². The van der Waals surface area contributed by atoms with Crippen molar-refractivity contribution in [1.82, 2.24) is 19.7 Å². The van der Waals surface area contributed by atoms with Gasteiger partial charge in [-0.2, -0.15) is 0 Å². The third kappa shape index (κ3) is 4.22. The average molecular weight is 411 g/mol. The van der Waals surface area contributed by atoms with E-state index in [1.165, 1.54) is 24.2 Å². The van der Waals surface area contributed by atoms with Crippen LogP contribution in [-0.2, 0) is 19.6 Å². The molecule has 160 valence electrons. The lowest BCUT2D eigenvalue weighted by Gasteiger charge is -2.37. The molecule has 2 saturated heterocycles. The van der Waals surface area contributed by atoms with Crippen molar-refractivity contribution in [3.63, 3.8) is 0 Å². The highest BCUT2D eigenvalue weighted by molar-refractivity contribution is 5.22. The van der Waals surface area contributed by atoms with Gasteiger partial charge in [-0.1, -0.05) is 18.2 Å². The van der Waals surface area contributed by atoms with Crippen molar-refractivity contribution < 1.29 is 4.39 Å². The molecule has 1 aromatic carbocycles. The molecule has 0 unspecified atom stereocenters. The van der Waals surface area contributed by atoms with Crippen molar-refractivity contribution in [2.45, 2.75) is 38.4 Å². The largest absolute Gasteiger partial charge is 0.316 e. The van der Waals surface area contributed by atoms with Gasteiger partial charge in [-0.15, -0.1) is 0 Å². The number of hydrogen-bond donors (Lipinski definition) is 1. The second-order valence-electron chi connectivity index (χ2n) is 9.19. The van der Waals surface area contributed by atoms with E-state index in [1.54, 1.807) is 0 Å². The molecule has 4 heterocycles. The van der Waals surface area contributed by atoms with Crippen LogP contribution in [0.2, 0.25) is 0 Å². The first-order valence-electron chi connectivity index (χ1n) is 11.3. The van der Waals surface area contributed by atoms with Gasteiger partial charge in [0.05, 0.1) is 0 Å². The third-order valence-electron chi connectivity index (χ3n) is 6.98. The van der Waals surface area contributed by atoms with Gasteiger partial charge in [-0.3, -0.25) is 14.6 Å². The molecule has 2 fully saturated rings. The van der Waals surface area contributed by atoms with Crippen LogP contribution in [0, 0.1) is 11.7 Å². The van der Waals surface area contributed by atoms with Crippen molar-refractivity contribution in [2.75, 3.05) is 39.3 Å². The first-order chi connectivity index (χ1) is 14.7. The number of piperidine rings is 1. The smallest absolute Gasteiger partial charge is 0.255 e. The van der Waals surface area contributed by atoms with Crippen LogP contribution >= 0.6 is 0 Å². The van der Waals surface area contributed by atoms with Gasteiger partial charge in [-0.25, -0.2) is 4.39 Å². The van der Waals surface area contributed by atoms with Crippen LogP contribution in [0.25, 0.3) is 0 Å². The van der Waals surface area contributed by atoms with Gasteiger partial charge in [0.15, 0.2) is 0 Å². The summed E-state index contributed by atoms with van der Waals surface area (Å²) in [5, 5.41) is 3.51. The summed E-state index contributed by atoms with van der Waals surface area (Å²) in [5.74, 6) is 0.886. The molecule has 0 aliphatic carbocycles. The lowest BCUT2D eigenvalue weighted by atomic mass is 9.84. The SMILES string of the molecule is O=c1c(CN2CCCN(Cc3ccc(F)cc3)CC2)ccc2n1C[C@@H]1CNC[C@H]2C1. The van der Waals surface area contributed by atoms with Crippen LogP contribution in [0.5, 0.6) is 0 Å². The van der Waals surface area contributed by atoms with Gasteiger partial charge in [-0.05, 0) is 62.2 Å². The Hall–Kier alpha value is -2.02. The van der Waals surface area contributed by atoms with E-state index in [0.29, 0.717) is 11.8 Å². The summed E-state index contributed by atoms with van der Waals surface area (Å²) in [7, 11) is 0. The zero-order valence-electron chi connectivity index (χ0n) is 17.5. The molecule has 0 saturated carbocycles. The van der Waals surface area contributed by atoms with Gasteiger partial charge in [0.1, 0.15) is 5.82 Å². The fourth-order valence-electron chi connectivity index (χ4n) is 5.39. The highest BCUT2D eigenvalue weighted by atomic mass is 19.1. The van der Waals surface area contributed by atoms with Gasteiger partial charge in [0.25, 0.3) is 5.56 Å². The second-order valence-corrected chi connectivity index (χ2v) is 9.19. The number of nitrogens with zero attached hydrogens (tertiary/aromatic N) is 3. The van der Waals surface area contributed by atoms with Crippen LogP contribution in [0.3, 0.4) is 0 Å². The van der Waals surface area contributed by atoms with E-state index >= 15 is 0 Å². The van der Waals surface area contributed by atoms with Crippen LogP contribution in [0.1, 0.15) is 35.6 Å². The zero-order valence-corrected chi connectivity index (χ0v) is 17.5. The molecule has 0 radical (unpaired) electrons. The normalized spacial score (nSPS) is 25.0. The van der Waals surface area contributed by atoms with Crippen molar-refractivity contribution in [3.8, 4) is 0 Å². The Labute approximate surface area is 177 Å². The fourth-order valence-corrected chi connectivity index (χ4v) is 5.39. The molecule has 1 aromatic heterocycles. The van der Waals surface area contributed by atoms with Crippen LogP contribution < -0.4 is 10.9 Å². The number of benzene rings is 1. The lowest BCUT2D eigenvalue weighted by Crippen LogP contribution is -2.45. The number of aromatic nitrogens is 1. The molecular formula is C24H31FN4O. The van der Waals surface area contributed by atoms with E-state index in [-0.39, 0.29) is 11.4 Å². The molecule has 3 aliphatic rings. The minimum Gasteiger partial charge on any atom is -0.316 e. The number of hydrogen-bond acceptors (Lipinski definition) is 4. The molecule has 5 nitrogen and oxygen atoms in total. The number of fused-ring (bicyclic) bond motifs is 4. The minimum absolute atomic E-state index is 0.183. The predicted octanol–water partition coefficient (Wildman–Crippen LogP) is 2.40. The Morgan fingerprint density at radius 2 is 1.70 bits per heavy atom. The summed E-state index contributed by atoms with van der Waals surface area (Å²) in [6, 6.07) is 11.1. The molecule has 2 bridgehead atoms. The molecular weight excluding hydrogens is 379 g/mol. The van der Waals surface area contributed by atoms with Crippen molar-refractivity contribution in [2.24, 2.45) is 5.92 Å². The Kier molecular flexibility index (Phi) is 5.72. The Bertz CT molecular complexity index is 941. The van der Waals surface area contributed by atoms with Gasteiger partial charge >= 0.3 is 0 Å². The first kappa shape index (κ1) is 19.9. The van der Waals surface area contributed by atoms with Gasteiger partial charge in [0.2, 0.25) is 0 Å². The molecule has 30 heavy (non-hydrogen) atoms. The van der Waals surface area contributed by atoms with E-state index in [4.69, 9.17) is 0 Å². The molecule has 1 N–H and O–H groups in total. The monoisotopic (exact) mass is 410 g/mol. The van der Waals surface area contributed by atoms with Gasteiger partial charge < -0.3 is 9.88 Å². The summed E-state index contributed by atoms with van der Waals surface area (Å²) < 4.78 is 15.2. The van der Waals surface area contributed by atoms with E-state index in [1.807, 2.05) is 12.1 Å². The van der Waals surface area contributed by atoms with E-state index in [2.05, 4.69) is 31.8 Å². The predicted molar refractivity (Wildman–Crippen MR) is 116 cm³/mol. The van der Waals surface area contributed by atoms with Crippen LogP contribution in [0.15, 0.2) is 41.2 Å². The molecule has 5 rings (SSSR count). The lowest BCUT2D eigenvalue weighted by molar-refractivity contribution is 0.241. The fraction of sp³-hybridized carbons (Fsp3) is 0.542. The van der Waals surface area contributed by atoms with Gasteiger partial charge in [0, 0.05) is 56.4 Å². The highest BCUT2D eigenvalue weighted by Gasteiger charge is 2.31. The number of rotatable bonds is 4. The van der Waals surface area contributed by atoms with Crippen molar-refractivity contribution in [3.05, 3.63) is 69.4 Å². The summed E-state index contributed by atoms with van der Waals surface area (Å²) in [6.07, 6.45) is 2.30. The standard InChI is InChI=1S/C24H31FN4O/c25-22-5-2-18(3-6-22)15-27-8-1-9-28(11-10-27)17-20-4-7-23-21-12-19(13-26-14-21)16-29(23)24(20)30/h2-7,19,21,26H,1,8-17H2/t19-,21+/m0/s1. The Morgan fingerprint density at radius 1 is 0.933 bits per heavy atom. The Morgan fingerprint density at radius 3 is 2.50 bits per heavy atom. The average Bonchev–Trinajstić information content (AvgIpc) is 2.97. The maximum Gasteiger partial charge on any atom is 0.255 e. The number of nitrogens with one attached hydrogen (secondary N) is 1. The molecule has 2 aromatic rings. The molecule has 2 atom stereocenters. The highest BCUT2D eigenvalue weighted by Crippen LogP contribution is 2.31.